The summed E-state index contributed by atoms with van der Waals surface area (Å²) in [6.07, 6.45) is 7.26. The number of hydrogen-bond acceptors (Lipinski definition) is 3. The fourth-order valence-electron chi connectivity index (χ4n) is 2.47. The lowest BCUT2D eigenvalue weighted by atomic mass is 9.69. The highest BCUT2D eigenvalue weighted by Gasteiger charge is 2.37. The van der Waals surface area contributed by atoms with Crippen LogP contribution in [0.5, 0.6) is 0 Å². The molecular weight excluding hydrogens is 200 g/mol. The molecule has 1 aromatic heterocycles. The Bertz CT molecular complexity index is 316. The zero-order valence-corrected chi connectivity index (χ0v) is 9.89. The van der Waals surface area contributed by atoms with Gasteiger partial charge >= 0.3 is 0 Å². The van der Waals surface area contributed by atoms with E-state index in [9.17, 15) is 5.11 Å². The molecule has 1 heterocycles. The molecule has 0 spiro atoms. The first-order chi connectivity index (χ1) is 7.74. The van der Waals surface area contributed by atoms with E-state index in [0.29, 0.717) is 6.61 Å². The predicted molar refractivity (Wildman–Crippen MR) is 63.9 cm³/mol. The van der Waals surface area contributed by atoms with Crippen LogP contribution >= 0.6 is 0 Å². The van der Waals surface area contributed by atoms with Gasteiger partial charge in [0, 0.05) is 37.5 Å². The van der Waals surface area contributed by atoms with Gasteiger partial charge in [0.1, 0.15) is 0 Å². The molecule has 3 nitrogen and oxygen atoms in total. The lowest BCUT2D eigenvalue weighted by Crippen LogP contribution is -2.43. The number of rotatable bonds is 5. The van der Waals surface area contributed by atoms with Crippen LogP contribution in [0.1, 0.15) is 24.8 Å². The Labute approximate surface area is 97.1 Å². The van der Waals surface area contributed by atoms with Crippen LogP contribution in [-0.4, -0.2) is 35.2 Å². The minimum absolute atomic E-state index is 0.182. The number of aliphatic hydroxyl groups excluding tert-OH is 1. The molecule has 0 unspecified atom stereocenters. The van der Waals surface area contributed by atoms with E-state index in [1.54, 1.807) is 0 Å². The van der Waals surface area contributed by atoms with Crippen molar-refractivity contribution in [2.45, 2.75) is 25.8 Å². The molecule has 0 atom stereocenters. The summed E-state index contributed by atoms with van der Waals surface area (Å²) in [5.74, 6) is 0. The highest BCUT2D eigenvalue weighted by atomic mass is 16.3. The van der Waals surface area contributed by atoms with Crippen LogP contribution in [0.15, 0.2) is 24.5 Å². The maximum Gasteiger partial charge on any atom is 0.0499 e. The first-order valence-electron chi connectivity index (χ1n) is 5.92. The third-order valence-electron chi connectivity index (χ3n) is 3.56. The zero-order chi connectivity index (χ0) is 11.4. The van der Waals surface area contributed by atoms with Gasteiger partial charge in [-0.1, -0.05) is 6.42 Å². The van der Waals surface area contributed by atoms with E-state index in [1.165, 1.54) is 24.8 Å². The Kier molecular flexibility index (Phi) is 3.56. The highest BCUT2D eigenvalue weighted by Crippen LogP contribution is 2.40. The van der Waals surface area contributed by atoms with Crippen molar-refractivity contribution in [1.29, 1.82) is 0 Å². The van der Waals surface area contributed by atoms with E-state index in [0.717, 1.165) is 13.1 Å². The SMILES string of the molecule is CN(Cc1ccncc1)CC1(CO)CCC1. The van der Waals surface area contributed by atoms with Gasteiger partial charge < -0.3 is 10.0 Å². The van der Waals surface area contributed by atoms with Crippen molar-refractivity contribution in [2.75, 3.05) is 20.2 Å². The molecule has 1 aromatic rings. The third-order valence-corrected chi connectivity index (χ3v) is 3.56. The smallest absolute Gasteiger partial charge is 0.0499 e. The maximum atomic E-state index is 9.41. The maximum absolute atomic E-state index is 9.41. The van der Waals surface area contributed by atoms with Crippen molar-refractivity contribution in [2.24, 2.45) is 5.41 Å². The van der Waals surface area contributed by atoms with Crippen molar-refractivity contribution in [3.63, 3.8) is 0 Å². The highest BCUT2D eigenvalue weighted by molar-refractivity contribution is 5.09. The summed E-state index contributed by atoms with van der Waals surface area (Å²) in [7, 11) is 2.12. The van der Waals surface area contributed by atoms with E-state index < -0.39 is 0 Å². The van der Waals surface area contributed by atoms with Gasteiger partial charge in [-0.15, -0.1) is 0 Å². The molecular formula is C13H20N2O. The quantitative estimate of drug-likeness (QED) is 0.820. The molecule has 0 saturated heterocycles. The number of aromatic nitrogens is 1. The van der Waals surface area contributed by atoms with Gasteiger partial charge in [0.2, 0.25) is 0 Å². The van der Waals surface area contributed by atoms with Crippen LogP contribution < -0.4 is 0 Å². The van der Waals surface area contributed by atoms with Crippen molar-refractivity contribution in [3.8, 4) is 0 Å². The fraction of sp³-hybridized carbons (Fsp3) is 0.615. The monoisotopic (exact) mass is 220 g/mol. The molecule has 1 aliphatic carbocycles. The van der Waals surface area contributed by atoms with Gasteiger partial charge in [-0.3, -0.25) is 4.98 Å². The van der Waals surface area contributed by atoms with Crippen LogP contribution in [0.25, 0.3) is 0 Å². The van der Waals surface area contributed by atoms with Crippen molar-refractivity contribution in [1.82, 2.24) is 9.88 Å². The van der Waals surface area contributed by atoms with Gasteiger partial charge in [0.15, 0.2) is 0 Å². The van der Waals surface area contributed by atoms with Crippen molar-refractivity contribution >= 4 is 0 Å². The summed E-state index contributed by atoms with van der Waals surface area (Å²) < 4.78 is 0. The topological polar surface area (TPSA) is 36.4 Å². The van der Waals surface area contributed by atoms with E-state index in [-0.39, 0.29) is 5.41 Å². The largest absolute Gasteiger partial charge is 0.396 e. The predicted octanol–water partition coefficient (Wildman–Crippen LogP) is 1.68. The van der Waals surface area contributed by atoms with Gasteiger partial charge in [0.25, 0.3) is 0 Å². The Morgan fingerprint density at radius 1 is 1.38 bits per heavy atom. The molecule has 1 aliphatic rings. The average molecular weight is 220 g/mol. The number of pyridine rings is 1. The summed E-state index contributed by atoms with van der Waals surface area (Å²) in [5.41, 5.74) is 1.46. The van der Waals surface area contributed by atoms with Crippen LogP contribution in [0.4, 0.5) is 0 Å². The van der Waals surface area contributed by atoms with Gasteiger partial charge in [0.05, 0.1) is 0 Å². The minimum atomic E-state index is 0.182. The summed E-state index contributed by atoms with van der Waals surface area (Å²) in [6.45, 7) is 2.25. The van der Waals surface area contributed by atoms with E-state index >= 15 is 0 Å². The Balaban J connectivity index is 1.87. The molecule has 1 saturated carbocycles. The average Bonchev–Trinajstić information content (AvgIpc) is 2.25. The van der Waals surface area contributed by atoms with Crippen LogP contribution in [0, 0.1) is 5.41 Å². The van der Waals surface area contributed by atoms with Crippen molar-refractivity contribution in [3.05, 3.63) is 30.1 Å². The second-order valence-electron chi connectivity index (χ2n) is 5.04. The molecule has 88 valence electrons. The fourth-order valence-corrected chi connectivity index (χ4v) is 2.47. The molecule has 0 aliphatic heterocycles. The number of aliphatic hydroxyl groups is 1. The van der Waals surface area contributed by atoms with Gasteiger partial charge in [-0.2, -0.15) is 0 Å². The van der Waals surface area contributed by atoms with Crippen LogP contribution in [0.2, 0.25) is 0 Å². The molecule has 1 fully saturated rings. The molecule has 0 bridgehead atoms. The van der Waals surface area contributed by atoms with E-state index in [1.807, 2.05) is 24.5 Å². The van der Waals surface area contributed by atoms with Gasteiger partial charge in [-0.25, -0.2) is 0 Å². The summed E-state index contributed by atoms with van der Waals surface area (Å²) in [4.78, 5) is 6.31. The van der Waals surface area contributed by atoms with Crippen molar-refractivity contribution < 1.29 is 5.11 Å². The first-order valence-corrected chi connectivity index (χ1v) is 5.92. The Morgan fingerprint density at radius 3 is 2.56 bits per heavy atom. The normalized spacial score (nSPS) is 18.4. The van der Waals surface area contributed by atoms with Crippen LogP contribution in [-0.2, 0) is 6.54 Å². The summed E-state index contributed by atoms with van der Waals surface area (Å²) in [6, 6.07) is 4.09. The lowest BCUT2D eigenvalue weighted by molar-refractivity contribution is 0.0127. The van der Waals surface area contributed by atoms with E-state index in [4.69, 9.17) is 0 Å². The lowest BCUT2D eigenvalue weighted by Gasteiger charge is -2.43. The zero-order valence-electron chi connectivity index (χ0n) is 9.89. The number of nitrogens with zero attached hydrogens (tertiary/aromatic N) is 2. The molecule has 1 N–H and O–H groups in total. The molecule has 0 radical (unpaired) electrons. The Morgan fingerprint density at radius 2 is 2.06 bits per heavy atom. The molecule has 16 heavy (non-hydrogen) atoms. The van der Waals surface area contributed by atoms with E-state index in [2.05, 4.69) is 16.9 Å². The Hall–Kier alpha value is -0.930. The second-order valence-corrected chi connectivity index (χ2v) is 5.04. The molecule has 2 rings (SSSR count). The second kappa shape index (κ2) is 4.93. The molecule has 3 heteroatoms. The molecule has 0 amide bonds. The minimum Gasteiger partial charge on any atom is -0.396 e. The first kappa shape index (κ1) is 11.6. The van der Waals surface area contributed by atoms with Crippen LogP contribution in [0.3, 0.4) is 0 Å². The standard InChI is InChI=1S/C13H20N2O/c1-15(9-12-3-7-14-8-4-12)10-13(11-16)5-2-6-13/h3-4,7-8,16H,2,5-6,9-11H2,1H3. The summed E-state index contributed by atoms with van der Waals surface area (Å²) in [5, 5.41) is 9.41. The molecule has 0 aromatic carbocycles. The van der Waals surface area contributed by atoms with Gasteiger partial charge in [-0.05, 0) is 37.6 Å². The number of hydrogen-bond donors (Lipinski definition) is 1. The third kappa shape index (κ3) is 2.60. The summed E-state index contributed by atoms with van der Waals surface area (Å²) >= 11 is 0.